The quantitative estimate of drug-likeness (QED) is 0.221. The van der Waals surface area contributed by atoms with E-state index in [1.807, 2.05) is 6.07 Å². The van der Waals surface area contributed by atoms with E-state index in [4.69, 9.17) is 14.2 Å². The predicted molar refractivity (Wildman–Crippen MR) is 140 cm³/mol. The number of rotatable bonds is 10. The molecule has 2 aromatic carbocycles. The highest BCUT2D eigenvalue weighted by Gasteiger charge is 2.52. The first-order valence-electron chi connectivity index (χ1n) is 11.9. The number of imide groups is 2. The summed E-state index contributed by atoms with van der Waals surface area (Å²) in [5, 5.41) is 21.2. The fourth-order valence-electron chi connectivity index (χ4n) is 4.05. The highest BCUT2D eigenvalue weighted by molar-refractivity contribution is 6.21. The van der Waals surface area contributed by atoms with Crippen molar-refractivity contribution in [3.05, 3.63) is 72.2 Å². The van der Waals surface area contributed by atoms with Crippen LogP contribution in [-0.4, -0.2) is 59.0 Å². The van der Waals surface area contributed by atoms with Crippen LogP contribution in [0.2, 0.25) is 0 Å². The molecular formula is C26H23N6O8-. The van der Waals surface area contributed by atoms with E-state index < -0.39 is 23.4 Å². The summed E-state index contributed by atoms with van der Waals surface area (Å²) in [5.41, 5.74) is -0.948. The fraction of sp³-hybridized carbons (Fsp3) is 0.192. The van der Waals surface area contributed by atoms with Gasteiger partial charge in [-0.1, -0.05) is 0 Å². The average molecular weight is 548 g/mol. The van der Waals surface area contributed by atoms with Crippen molar-refractivity contribution >= 4 is 34.4 Å². The van der Waals surface area contributed by atoms with Crippen molar-refractivity contribution in [1.82, 2.24) is 25.4 Å². The first-order chi connectivity index (χ1) is 19.3. The maximum absolute atomic E-state index is 12.6. The van der Waals surface area contributed by atoms with E-state index in [1.54, 1.807) is 59.4 Å². The Bertz CT molecular complexity index is 1530. The molecule has 4 amide bonds. The van der Waals surface area contributed by atoms with Crippen LogP contribution in [0.1, 0.15) is 6.42 Å². The minimum atomic E-state index is -1.97. The third kappa shape index (κ3) is 5.13. The number of hydrogen-bond donors (Lipinski definition) is 2. The van der Waals surface area contributed by atoms with E-state index >= 15 is 0 Å². The number of nitrogens with one attached hydrogen (secondary N) is 2. The standard InChI is InChI=1S/C26H23N6O8/c1-37-12-11-26(23(33)29-25(35)30-24(26)34)40-19-6-4-18(5-7-19)39-20-8-9-21-16(13-20)14-28-31(21)22-10-3-17(15-27-22)32(36)38-2/h3-10,13-15H,11-12H2,1-2H3,(H2,29,30,33,34,35)/q-1. The number of barbiturate groups is 1. The van der Waals surface area contributed by atoms with Gasteiger partial charge in [0.05, 0.1) is 37.3 Å². The number of carbonyl (C=O) groups excluding carboxylic acids is 3. The second kappa shape index (κ2) is 11.0. The van der Waals surface area contributed by atoms with Gasteiger partial charge in [-0.15, -0.1) is 0 Å². The SMILES string of the molecule is COCCC1(Oc2ccc(Oc3ccc4c(cnn4-c4ccc(N([O-])OC)cn4)c3)cc2)C(=O)NC(=O)NC1=O. The molecule has 2 aromatic heterocycles. The van der Waals surface area contributed by atoms with Crippen molar-refractivity contribution in [3.63, 3.8) is 0 Å². The van der Waals surface area contributed by atoms with Gasteiger partial charge in [-0.05, 0) is 54.6 Å². The summed E-state index contributed by atoms with van der Waals surface area (Å²) in [7, 11) is 2.69. The Kier molecular flexibility index (Phi) is 7.29. The number of nitrogens with zero attached hydrogens (tertiary/aromatic N) is 4. The first-order valence-corrected chi connectivity index (χ1v) is 11.9. The Morgan fingerprint density at radius 1 is 0.925 bits per heavy atom. The number of aromatic nitrogens is 3. The predicted octanol–water partition coefficient (Wildman–Crippen LogP) is 2.60. The molecule has 14 heteroatoms. The van der Waals surface area contributed by atoms with Gasteiger partial charge in [0, 0.05) is 18.9 Å². The molecule has 0 bridgehead atoms. The summed E-state index contributed by atoms with van der Waals surface area (Å²) in [5.74, 6) is -0.0195. The van der Waals surface area contributed by atoms with Crippen molar-refractivity contribution < 1.29 is 33.4 Å². The van der Waals surface area contributed by atoms with Crippen LogP contribution in [0, 0.1) is 5.21 Å². The van der Waals surface area contributed by atoms with Crippen LogP contribution in [0.5, 0.6) is 17.2 Å². The normalized spacial score (nSPS) is 14.5. The molecule has 0 saturated carbocycles. The van der Waals surface area contributed by atoms with Gasteiger partial charge in [-0.25, -0.2) is 14.5 Å². The minimum absolute atomic E-state index is 0.0449. The molecule has 0 unspecified atom stereocenters. The highest BCUT2D eigenvalue weighted by atomic mass is 16.9. The number of fused-ring (bicyclic) bond motifs is 1. The lowest BCUT2D eigenvalue weighted by Crippen LogP contribution is -2.69. The van der Waals surface area contributed by atoms with Crippen LogP contribution >= 0.6 is 0 Å². The summed E-state index contributed by atoms with van der Waals surface area (Å²) in [6.07, 6.45) is 2.94. The van der Waals surface area contributed by atoms with Crippen molar-refractivity contribution in [2.45, 2.75) is 12.0 Å². The summed E-state index contributed by atoms with van der Waals surface area (Å²) in [6.45, 7) is 0.0449. The third-order valence-electron chi connectivity index (χ3n) is 6.06. The second-order valence-corrected chi connectivity index (χ2v) is 8.57. The maximum Gasteiger partial charge on any atom is 0.328 e. The van der Waals surface area contributed by atoms with Crippen molar-refractivity contribution in [2.75, 3.05) is 26.1 Å². The number of amides is 4. The molecule has 1 fully saturated rings. The molecule has 0 spiro atoms. The summed E-state index contributed by atoms with van der Waals surface area (Å²) in [6, 6.07) is 14.0. The van der Waals surface area contributed by atoms with Crippen LogP contribution in [0.15, 0.2) is 67.0 Å². The molecule has 206 valence electrons. The Balaban J connectivity index is 1.31. The molecule has 40 heavy (non-hydrogen) atoms. The minimum Gasteiger partial charge on any atom is -0.733 e. The molecule has 3 heterocycles. The number of carbonyl (C=O) groups is 3. The van der Waals surface area contributed by atoms with E-state index in [1.165, 1.54) is 20.4 Å². The summed E-state index contributed by atoms with van der Waals surface area (Å²) >= 11 is 0. The van der Waals surface area contributed by atoms with Crippen LogP contribution in [0.4, 0.5) is 10.5 Å². The molecule has 5 rings (SSSR count). The topological polar surface area (TPSA) is 169 Å². The van der Waals surface area contributed by atoms with E-state index in [-0.39, 0.29) is 24.5 Å². The molecule has 2 N–H and O–H groups in total. The molecule has 0 aliphatic carbocycles. The molecule has 14 nitrogen and oxygen atoms in total. The van der Waals surface area contributed by atoms with E-state index in [9.17, 15) is 19.6 Å². The van der Waals surface area contributed by atoms with Crippen LogP contribution in [-0.2, 0) is 19.2 Å². The molecule has 4 aromatic rings. The monoisotopic (exact) mass is 547 g/mol. The van der Waals surface area contributed by atoms with Gasteiger partial charge in [0.25, 0.3) is 17.4 Å². The maximum atomic E-state index is 12.6. The molecular weight excluding hydrogens is 524 g/mol. The Hall–Kier alpha value is -5.05. The number of methoxy groups -OCH3 is 1. The molecule has 1 saturated heterocycles. The largest absolute Gasteiger partial charge is 0.733 e. The van der Waals surface area contributed by atoms with Crippen molar-refractivity contribution in [2.24, 2.45) is 0 Å². The second-order valence-electron chi connectivity index (χ2n) is 8.57. The zero-order chi connectivity index (χ0) is 28.3. The number of urea groups is 1. The first kappa shape index (κ1) is 26.6. The van der Waals surface area contributed by atoms with Gasteiger partial charge in [0.15, 0.2) is 5.82 Å². The molecule has 0 atom stereocenters. The van der Waals surface area contributed by atoms with E-state index in [0.29, 0.717) is 22.5 Å². The van der Waals surface area contributed by atoms with E-state index in [0.717, 1.165) is 10.9 Å². The zero-order valence-electron chi connectivity index (χ0n) is 21.3. The smallest absolute Gasteiger partial charge is 0.328 e. The Morgan fingerprint density at radius 2 is 1.62 bits per heavy atom. The number of hydrogen-bond acceptors (Lipinski definition) is 11. The number of ether oxygens (including phenoxy) is 3. The zero-order valence-corrected chi connectivity index (χ0v) is 21.3. The lowest BCUT2D eigenvalue weighted by Gasteiger charge is -2.34. The molecule has 1 aliphatic heterocycles. The van der Waals surface area contributed by atoms with Gasteiger partial charge < -0.3 is 24.6 Å². The Morgan fingerprint density at radius 3 is 2.27 bits per heavy atom. The Labute approximate surface area is 226 Å². The van der Waals surface area contributed by atoms with Crippen molar-refractivity contribution in [1.29, 1.82) is 0 Å². The fourth-order valence-corrected chi connectivity index (χ4v) is 4.05. The summed E-state index contributed by atoms with van der Waals surface area (Å²) in [4.78, 5) is 45.6. The molecule has 0 radical (unpaired) electrons. The average Bonchev–Trinajstić information content (AvgIpc) is 3.38. The van der Waals surface area contributed by atoms with Gasteiger partial charge in [0.1, 0.15) is 17.2 Å². The lowest BCUT2D eigenvalue weighted by molar-refractivity contribution is -0.153. The van der Waals surface area contributed by atoms with Gasteiger partial charge in [0.2, 0.25) is 0 Å². The number of benzene rings is 2. The molecule has 1 aliphatic rings. The van der Waals surface area contributed by atoms with Crippen LogP contribution < -0.4 is 25.3 Å². The van der Waals surface area contributed by atoms with Crippen molar-refractivity contribution in [3.8, 4) is 23.1 Å². The number of pyridine rings is 1. The highest BCUT2D eigenvalue weighted by Crippen LogP contribution is 2.30. The summed E-state index contributed by atoms with van der Waals surface area (Å²) < 4.78 is 18.4. The lowest BCUT2D eigenvalue weighted by atomic mass is 9.95. The van der Waals surface area contributed by atoms with Gasteiger partial charge in [-0.2, -0.15) is 5.10 Å². The van der Waals surface area contributed by atoms with Crippen LogP contribution in [0.25, 0.3) is 16.7 Å². The van der Waals surface area contributed by atoms with Crippen LogP contribution in [0.3, 0.4) is 0 Å². The van der Waals surface area contributed by atoms with E-state index in [2.05, 4.69) is 25.6 Å². The van der Waals surface area contributed by atoms with Gasteiger partial charge in [-0.3, -0.25) is 25.1 Å². The number of anilines is 1. The van der Waals surface area contributed by atoms with Gasteiger partial charge >= 0.3 is 6.03 Å². The third-order valence-corrected chi connectivity index (χ3v) is 6.06.